The summed E-state index contributed by atoms with van der Waals surface area (Å²) in [6.45, 7) is 0. The van der Waals surface area contributed by atoms with Gasteiger partial charge >= 0.3 is 49.4 Å². The molecule has 7 aromatic rings. The van der Waals surface area contributed by atoms with E-state index in [0.29, 0.717) is 0 Å². The molecule has 0 aliphatic carbocycles. The predicted molar refractivity (Wildman–Crippen MR) is 237 cm³/mol. The molecule has 0 heterocycles. The van der Waals surface area contributed by atoms with E-state index in [2.05, 4.69) is 72.8 Å². The average Bonchev–Trinajstić information content (AvgIpc) is 3.31. The lowest BCUT2D eigenvalue weighted by atomic mass is 9.12. The van der Waals surface area contributed by atoms with Gasteiger partial charge in [-0.25, -0.2) is 0 Å². The number of hydrogen-bond acceptors (Lipinski definition) is 0. The summed E-state index contributed by atoms with van der Waals surface area (Å²) in [5.41, 5.74) is -30.2. The maximum absolute atomic E-state index is 14.2. The van der Waals surface area contributed by atoms with E-state index in [1.54, 1.807) is 0 Å². The molecule has 0 nitrogen and oxygen atoms in total. The highest BCUT2D eigenvalue weighted by Gasteiger charge is 2.47. The van der Waals surface area contributed by atoms with Gasteiger partial charge in [0.1, 0.15) is 6.15 Å². The van der Waals surface area contributed by atoms with E-state index in [-0.39, 0.29) is 10.9 Å². The topological polar surface area (TPSA) is 0 Å². The Morgan fingerprint density at radius 1 is 0.247 bits per heavy atom. The quantitative estimate of drug-likeness (QED) is 0.0848. The Kier molecular flexibility index (Phi) is 16.4. The molecule has 77 heavy (non-hydrogen) atoms. The van der Waals surface area contributed by atoms with Crippen LogP contribution < -0.4 is 21.9 Å². The normalized spacial score (nSPS) is 13.4. The Bertz CT molecular complexity index is 2710. The van der Waals surface area contributed by atoms with Crippen molar-refractivity contribution in [3.63, 3.8) is 0 Å². The van der Waals surface area contributed by atoms with Crippen molar-refractivity contribution in [1.82, 2.24) is 0 Å². The van der Waals surface area contributed by atoms with Crippen molar-refractivity contribution in [2.75, 3.05) is 0 Å². The van der Waals surface area contributed by atoms with Gasteiger partial charge in [0.2, 0.25) is 0 Å². The van der Waals surface area contributed by atoms with E-state index < -0.39 is 195 Å². The van der Waals surface area contributed by atoms with E-state index >= 15 is 0 Å². The molecule has 7 aromatic carbocycles. The Hall–Kier alpha value is -6.44. The maximum atomic E-state index is 14.2. The zero-order valence-electron chi connectivity index (χ0n) is 37.4. The third-order valence-electron chi connectivity index (χ3n) is 11.4. The summed E-state index contributed by atoms with van der Waals surface area (Å²) in [6, 6.07) is 20.6. The van der Waals surface area contributed by atoms with Crippen LogP contribution in [0.5, 0.6) is 0 Å². The van der Waals surface area contributed by atoms with Crippen LogP contribution in [0.4, 0.5) is 105 Å². The average molecular weight is 1160 g/mol. The third kappa shape index (κ3) is 13.8. The van der Waals surface area contributed by atoms with Gasteiger partial charge in [0, 0.05) is 5.02 Å². The summed E-state index contributed by atoms with van der Waals surface area (Å²) < 4.78 is 341. The lowest BCUT2D eigenvalue weighted by Gasteiger charge is -2.46. The minimum Gasteiger partial charge on any atom is -0.194 e. The summed E-state index contributed by atoms with van der Waals surface area (Å²) >= 11 is 6.01. The number of benzene rings is 7. The van der Waals surface area contributed by atoms with Crippen LogP contribution in [0.3, 0.4) is 0 Å². The van der Waals surface area contributed by atoms with Gasteiger partial charge in [-0.1, -0.05) is 96.5 Å². The number of halogens is 25. The summed E-state index contributed by atoms with van der Waals surface area (Å²) in [5, 5.41) is 0.776. The first-order valence-electron chi connectivity index (χ1n) is 21.1. The van der Waals surface area contributed by atoms with Gasteiger partial charge in [-0.3, -0.25) is 0 Å². The molecule has 0 N–H and O–H groups in total. The highest BCUT2D eigenvalue weighted by atomic mass is 35.5. The number of alkyl halides is 24. The molecule has 0 spiro atoms. The molecule has 0 atom stereocenters. The molecule has 0 aromatic heterocycles. The molecule has 0 saturated carbocycles. The fraction of sp³-hybridized carbons (Fsp3) is 0.160. The predicted octanol–water partition coefficient (Wildman–Crippen LogP) is 16.6. The van der Waals surface area contributed by atoms with Gasteiger partial charge in [0.05, 0.1) is 55.4 Å². The lowest BCUT2D eigenvalue weighted by molar-refractivity contribution is -0.144. The summed E-state index contributed by atoms with van der Waals surface area (Å²) in [7, 11) is -0.0815. The minimum atomic E-state index is -6.13. The van der Waals surface area contributed by atoms with Crippen LogP contribution >= 0.6 is 11.6 Å². The first-order chi connectivity index (χ1) is 35.1. The summed E-state index contributed by atoms with van der Waals surface area (Å²) in [5.74, 6) is 0. The molecule has 0 unspecified atom stereocenters. The molecule has 410 valence electrons. The Morgan fingerprint density at radius 3 is 0.610 bits per heavy atom. The minimum absolute atomic E-state index is 0.0815. The fourth-order valence-corrected chi connectivity index (χ4v) is 10.4. The molecular formula is C50H26BClF24S. The van der Waals surface area contributed by atoms with Crippen LogP contribution in [0.1, 0.15) is 44.5 Å². The van der Waals surface area contributed by atoms with Crippen molar-refractivity contribution >= 4 is 50.5 Å². The summed E-state index contributed by atoms with van der Waals surface area (Å²) in [4.78, 5) is 3.92. The van der Waals surface area contributed by atoms with Crippen LogP contribution in [0.2, 0.25) is 5.02 Å². The van der Waals surface area contributed by atoms with Gasteiger partial charge < -0.3 is 0 Å². The smallest absolute Gasteiger partial charge is 0.194 e. The van der Waals surface area contributed by atoms with Crippen LogP contribution in [-0.2, 0) is 60.3 Å². The first-order valence-corrected chi connectivity index (χ1v) is 22.7. The van der Waals surface area contributed by atoms with Crippen LogP contribution in [-0.4, -0.2) is 6.15 Å². The van der Waals surface area contributed by atoms with Crippen molar-refractivity contribution in [3.8, 4) is 0 Å². The Morgan fingerprint density at radius 2 is 0.429 bits per heavy atom. The van der Waals surface area contributed by atoms with Crippen molar-refractivity contribution in [2.45, 2.75) is 64.1 Å². The summed E-state index contributed by atoms with van der Waals surface area (Å²) in [6.07, 6.45) is -54.8. The van der Waals surface area contributed by atoms with Crippen LogP contribution in [0.25, 0.3) is 0 Å². The molecule has 0 aliphatic rings. The monoisotopic (exact) mass is 1160 g/mol. The second kappa shape index (κ2) is 21.1. The SMILES string of the molecule is Clc1ccc([S+](c2ccccc2)c2ccccc2)cc1.FC(F)(F)c1cc([B-](c2cc(C(F)(F)F)cc(C(F)(F)F)c2)(c2cc(C(F)(F)F)cc(C(F)(F)F)c2)c2cc(C(F)(F)F)cc(C(F)(F)F)c2)cc(C(F)(F)F)c1. The van der Waals surface area contributed by atoms with E-state index in [0.717, 1.165) is 5.02 Å². The van der Waals surface area contributed by atoms with Crippen LogP contribution in [0, 0.1) is 0 Å². The first kappa shape index (κ1) is 59.8. The zero-order valence-corrected chi connectivity index (χ0v) is 39.0. The molecule has 0 aliphatic heterocycles. The molecule has 0 saturated heterocycles. The second-order valence-corrected chi connectivity index (χ2v) is 19.1. The van der Waals surface area contributed by atoms with E-state index in [1.165, 1.54) is 14.7 Å². The van der Waals surface area contributed by atoms with Crippen molar-refractivity contribution in [2.24, 2.45) is 0 Å². The van der Waals surface area contributed by atoms with E-state index in [4.69, 9.17) is 11.6 Å². The molecule has 7 rings (SSSR count). The molecular weight excluding hydrogens is 1130 g/mol. The Labute approximate surface area is 426 Å². The fourth-order valence-electron chi connectivity index (χ4n) is 8.16. The van der Waals surface area contributed by atoms with Crippen LogP contribution in [0.15, 0.2) is 172 Å². The lowest BCUT2D eigenvalue weighted by Crippen LogP contribution is -2.75. The standard InChI is InChI=1S/C32H12BF24.C18H14ClS/c34-25(35,36)13-1-14(26(37,38)39)6-21(5-13)33(22-7-15(27(40,41)42)2-16(8-22)28(43,44)45,23-9-17(29(46,47)48)3-18(10-23)30(49,50)51)24-11-19(31(52,53)54)4-20(12-24)32(55,56)57;19-15-11-13-18(14-12-15)20(16-7-3-1-4-8-16)17-9-5-2-6-10-17/h1-12H;1-14H/q-1;+1. The molecule has 0 bridgehead atoms. The van der Waals surface area contributed by atoms with Crippen molar-refractivity contribution < 1.29 is 105 Å². The van der Waals surface area contributed by atoms with Crippen molar-refractivity contribution in [3.05, 3.63) is 207 Å². The molecule has 0 radical (unpaired) electrons. The highest BCUT2D eigenvalue weighted by molar-refractivity contribution is 7.97. The number of hydrogen-bond donors (Lipinski definition) is 0. The zero-order chi connectivity index (χ0) is 57.7. The number of rotatable bonds is 7. The highest BCUT2D eigenvalue weighted by Crippen LogP contribution is 2.42. The Balaban J connectivity index is 0.000000397. The molecule has 0 amide bonds. The van der Waals surface area contributed by atoms with Crippen molar-refractivity contribution in [1.29, 1.82) is 0 Å². The third-order valence-corrected chi connectivity index (χ3v) is 13.9. The van der Waals surface area contributed by atoms with Gasteiger partial charge in [-0.15, -0.1) is 0 Å². The van der Waals surface area contributed by atoms with E-state index in [9.17, 15) is 105 Å². The second-order valence-electron chi connectivity index (χ2n) is 16.6. The largest absolute Gasteiger partial charge is 0.416 e. The van der Waals surface area contributed by atoms with E-state index in [1.807, 2.05) is 12.1 Å². The maximum Gasteiger partial charge on any atom is 0.416 e. The molecule has 27 heteroatoms. The van der Waals surface area contributed by atoms with Gasteiger partial charge in [-0.2, -0.15) is 127 Å². The van der Waals surface area contributed by atoms with Gasteiger partial charge in [0.15, 0.2) is 14.7 Å². The van der Waals surface area contributed by atoms with Gasteiger partial charge in [0.25, 0.3) is 0 Å². The van der Waals surface area contributed by atoms with Gasteiger partial charge in [-0.05, 0) is 72.8 Å². The molecule has 0 fully saturated rings.